The second-order valence-corrected chi connectivity index (χ2v) is 7.85. The smallest absolute Gasteiger partial charge is 0.233 e. The van der Waals surface area contributed by atoms with Gasteiger partial charge in [-0.3, -0.25) is 9.78 Å². The van der Waals surface area contributed by atoms with E-state index >= 15 is 0 Å². The fourth-order valence-electron chi connectivity index (χ4n) is 3.25. The number of hydrogen-bond acceptors (Lipinski definition) is 3. The van der Waals surface area contributed by atoms with Gasteiger partial charge in [-0.1, -0.05) is 38.0 Å². The predicted molar refractivity (Wildman–Crippen MR) is 96.6 cm³/mol. The zero-order valence-corrected chi connectivity index (χ0v) is 14.6. The maximum Gasteiger partial charge on any atom is 0.233 e. The number of para-hydroxylation sites is 1. The molecule has 4 heteroatoms. The molecule has 3 rings (SSSR count). The first-order valence-electron chi connectivity index (χ1n) is 8.46. The van der Waals surface area contributed by atoms with Crippen LogP contribution in [0.15, 0.2) is 41.4 Å². The Morgan fingerprint density at radius 3 is 2.87 bits per heavy atom. The lowest BCUT2D eigenvalue weighted by atomic mass is 9.86. The van der Waals surface area contributed by atoms with Crippen molar-refractivity contribution in [2.45, 2.75) is 55.7 Å². The predicted octanol–water partition coefficient (Wildman–Crippen LogP) is 4.41. The van der Waals surface area contributed by atoms with E-state index in [0.717, 1.165) is 22.2 Å². The molecule has 0 saturated heterocycles. The fourth-order valence-corrected chi connectivity index (χ4v) is 4.24. The van der Waals surface area contributed by atoms with Gasteiger partial charge in [0.2, 0.25) is 5.91 Å². The monoisotopic (exact) mass is 328 g/mol. The van der Waals surface area contributed by atoms with Crippen LogP contribution in [-0.2, 0) is 4.79 Å². The number of thioether (sulfide) groups is 1. The van der Waals surface area contributed by atoms with Crippen LogP contribution in [-0.4, -0.2) is 22.2 Å². The number of hydrogen-bond donors (Lipinski definition) is 1. The van der Waals surface area contributed by atoms with Crippen molar-refractivity contribution in [1.82, 2.24) is 10.3 Å². The van der Waals surface area contributed by atoms with Gasteiger partial charge in [0.15, 0.2) is 0 Å². The van der Waals surface area contributed by atoms with E-state index in [9.17, 15) is 4.79 Å². The zero-order chi connectivity index (χ0) is 16.2. The molecule has 3 unspecified atom stereocenters. The molecule has 1 amide bonds. The highest BCUT2D eigenvalue weighted by Gasteiger charge is 2.25. The summed E-state index contributed by atoms with van der Waals surface area (Å²) in [7, 11) is 0. The number of amides is 1. The fraction of sp³-hybridized carbons (Fsp3) is 0.474. The molecule has 1 heterocycles. The number of carbonyl (C=O) groups is 1. The van der Waals surface area contributed by atoms with Gasteiger partial charge in [-0.25, -0.2) is 0 Å². The first-order chi connectivity index (χ1) is 11.1. The van der Waals surface area contributed by atoms with Gasteiger partial charge in [-0.2, -0.15) is 0 Å². The summed E-state index contributed by atoms with van der Waals surface area (Å²) < 4.78 is 0. The summed E-state index contributed by atoms with van der Waals surface area (Å²) in [6, 6.07) is 10.4. The van der Waals surface area contributed by atoms with Crippen LogP contribution in [0.5, 0.6) is 0 Å². The number of nitrogens with zero attached hydrogens (tertiary/aromatic N) is 1. The second kappa shape index (κ2) is 7.35. The van der Waals surface area contributed by atoms with Gasteiger partial charge in [0, 0.05) is 22.5 Å². The number of nitrogens with one attached hydrogen (secondary N) is 1. The SMILES string of the molecule is CC(Sc1ccnc2ccccc12)C(=O)NC1CCCCC1C. The third-order valence-corrected chi connectivity index (χ3v) is 5.90. The molecule has 1 aromatic carbocycles. The van der Waals surface area contributed by atoms with Gasteiger partial charge in [0.25, 0.3) is 0 Å². The number of fused-ring (bicyclic) bond motifs is 1. The lowest BCUT2D eigenvalue weighted by molar-refractivity contribution is -0.121. The van der Waals surface area contributed by atoms with E-state index in [1.54, 1.807) is 11.8 Å². The highest BCUT2D eigenvalue weighted by Crippen LogP contribution is 2.30. The van der Waals surface area contributed by atoms with Crippen molar-refractivity contribution in [2.75, 3.05) is 0 Å². The summed E-state index contributed by atoms with van der Waals surface area (Å²) >= 11 is 1.62. The van der Waals surface area contributed by atoms with E-state index in [1.807, 2.05) is 37.4 Å². The van der Waals surface area contributed by atoms with Crippen molar-refractivity contribution >= 4 is 28.6 Å². The average molecular weight is 328 g/mol. The van der Waals surface area contributed by atoms with Crippen LogP contribution in [0.2, 0.25) is 0 Å². The maximum absolute atomic E-state index is 12.5. The molecule has 1 aromatic heterocycles. The number of benzene rings is 1. The third-order valence-electron chi connectivity index (χ3n) is 4.72. The Bertz CT molecular complexity index is 683. The summed E-state index contributed by atoms with van der Waals surface area (Å²) in [5.41, 5.74) is 0.978. The number of pyridine rings is 1. The largest absolute Gasteiger partial charge is 0.352 e. The highest BCUT2D eigenvalue weighted by molar-refractivity contribution is 8.00. The molecule has 3 nitrogen and oxygen atoms in total. The summed E-state index contributed by atoms with van der Waals surface area (Å²) in [5.74, 6) is 0.737. The first kappa shape index (κ1) is 16.3. The Hall–Kier alpha value is -1.55. The Kier molecular flexibility index (Phi) is 5.21. The Balaban J connectivity index is 1.68. The minimum atomic E-state index is -0.102. The van der Waals surface area contributed by atoms with Crippen LogP contribution in [0.1, 0.15) is 39.5 Å². The molecule has 0 radical (unpaired) electrons. The summed E-state index contributed by atoms with van der Waals surface area (Å²) in [5, 5.41) is 4.28. The minimum Gasteiger partial charge on any atom is -0.352 e. The van der Waals surface area contributed by atoms with Crippen LogP contribution in [0, 0.1) is 5.92 Å². The van der Waals surface area contributed by atoms with Gasteiger partial charge in [-0.05, 0) is 37.8 Å². The van der Waals surface area contributed by atoms with E-state index < -0.39 is 0 Å². The minimum absolute atomic E-state index is 0.102. The van der Waals surface area contributed by atoms with Gasteiger partial charge in [-0.15, -0.1) is 11.8 Å². The molecule has 0 spiro atoms. The van der Waals surface area contributed by atoms with E-state index in [-0.39, 0.29) is 11.2 Å². The van der Waals surface area contributed by atoms with Crippen molar-refractivity contribution in [3.8, 4) is 0 Å². The van der Waals surface area contributed by atoms with Gasteiger partial charge in [0.05, 0.1) is 10.8 Å². The van der Waals surface area contributed by atoms with E-state index in [4.69, 9.17) is 0 Å². The van der Waals surface area contributed by atoms with E-state index in [0.29, 0.717) is 12.0 Å². The molecule has 122 valence electrons. The van der Waals surface area contributed by atoms with Gasteiger partial charge >= 0.3 is 0 Å². The number of carbonyl (C=O) groups excluding carboxylic acids is 1. The molecule has 1 aliphatic rings. The van der Waals surface area contributed by atoms with E-state index in [2.05, 4.69) is 23.3 Å². The number of rotatable bonds is 4. The zero-order valence-electron chi connectivity index (χ0n) is 13.8. The Morgan fingerprint density at radius 2 is 2.04 bits per heavy atom. The van der Waals surface area contributed by atoms with Crippen LogP contribution >= 0.6 is 11.8 Å². The molecule has 0 bridgehead atoms. The molecule has 2 aromatic rings. The standard InChI is InChI=1S/C19H24N2OS/c1-13-7-3-5-9-16(13)21-19(22)14(2)23-18-11-12-20-17-10-6-4-8-15(17)18/h4,6,8,10-14,16H,3,5,7,9H2,1-2H3,(H,21,22). The van der Waals surface area contributed by atoms with Crippen molar-refractivity contribution in [1.29, 1.82) is 0 Å². The average Bonchev–Trinajstić information content (AvgIpc) is 2.57. The Labute approximate surface area is 142 Å². The molecule has 1 fully saturated rings. The molecule has 1 aliphatic carbocycles. The summed E-state index contributed by atoms with van der Waals surface area (Å²) in [4.78, 5) is 18.1. The van der Waals surface area contributed by atoms with Crippen molar-refractivity contribution < 1.29 is 4.79 Å². The molecule has 23 heavy (non-hydrogen) atoms. The number of aromatic nitrogens is 1. The van der Waals surface area contributed by atoms with Crippen molar-refractivity contribution in [3.63, 3.8) is 0 Å². The lowest BCUT2D eigenvalue weighted by Gasteiger charge is -2.30. The first-order valence-corrected chi connectivity index (χ1v) is 9.34. The highest BCUT2D eigenvalue weighted by atomic mass is 32.2. The molecule has 3 atom stereocenters. The summed E-state index contributed by atoms with van der Waals surface area (Å²) in [6.45, 7) is 4.24. The molecular formula is C19H24N2OS. The van der Waals surface area contributed by atoms with Crippen LogP contribution in [0.3, 0.4) is 0 Å². The topological polar surface area (TPSA) is 42.0 Å². The summed E-state index contributed by atoms with van der Waals surface area (Å²) in [6.07, 6.45) is 6.68. The Morgan fingerprint density at radius 1 is 1.26 bits per heavy atom. The lowest BCUT2D eigenvalue weighted by Crippen LogP contribution is -2.44. The second-order valence-electron chi connectivity index (χ2n) is 6.46. The molecule has 0 aliphatic heterocycles. The van der Waals surface area contributed by atoms with Crippen molar-refractivity contribution in [3.05, 3.63) is 36.5 Å². The van der Waals surface area contributed by atoms with E-state index in [1.165, 1.54) is 19.3 Å². The van der Waals surface area contributed by atoms with Crippen LogP contribution in [0.4, 0.5) is 0 Å². The molecule has 1 saturated carbocycles. The third kappa shape index (κ3) is 3.86. The van der Waals surface area contributed by atoms with Crippen LogP contribution < -0.4 is 5.32 Å². The van der Waals surface area contributed by atoms with Gasteiger partial charge < -0.3 is 5.32 Å². The quantitative estimate of drug-likeness (QED) is 0.845. The molecular weight excluding hydrogens is 304 g/mol. The van der Waals surface area contributed by atoms with Crippen LogP contribution in [0.25, 0.3) is 10.9 Å². The van der Waals surface area contributed by atoms with Gasteiger partial charge in [0.1, 0.15) is 0 Å². The maximum atomic E-state index is 12.5. The van der Waals surface area contributed by atoms with Crippen molar-refractivity contribution in [2.24, 2.45) is 5.92 Å². The molecule has 1 N–H and O–H groups in total. The normalized spacial score (nSPS) is 22.7.